The highest BCUT2D eigenvalue weighted by molar-refractivity contribution is 7.90. The number of hydrogen-bond donors (Lipinski definition) is 1. The second-order valence-corrected chi connectivity index (χ2v) is 6.82. The minimum atomic E-state index is -4.03. The van der Waals surface area contributed by atoms with Gasteiger partial charge in [-0.2, -0.15) is 0 Å². The summed E-state index contributed by atoms with van der Waals surface area (Å²) < 4.78 is 55.4. The lowest BCUT2D eigenvalue weighted by molar-refractivity contribution is 0.149. The standard InChI is InChI=1S/C12H14F2O4S/c1-18-10-7(6-12(15)3-4-12)5-8(13)11(9(10)14)19(2,16)17/h5,15H,3-4,6H2,1-2H3. The lowest BCUT2D eigenvalue weighted by atomic mass is 10.0. The van der Waals surface area contributed by atoms with Gasteiger partial charge in [0.25, 0.3) is 0 Å². The zero-order valence-corrected chi connectivity index (χ0v) is 11.4. The molecule has 7 heteroatoms. The van der Waals surface area contributed by atoms with E-state index in [-0.39, 0.29) is 17.7 Å². The van der Waals surface area contributed by atoms with Gasteiger partial charge in [-0.15, -0.1) is 0 Å². The van der Waals surface area contributed by atoms with Crippen molar-refractivity contribution < 1.29 is 27.0 Å². The molecule has 0 heterocycles. The number of sulfone groups is 1. The predicted octanol–water partition coefficient (Wildman–Crippen LogP) is 1.44. The van der Waals surface area contributed by atoms with Crippen LogP contribution in [0, 0.1) is 11.6 Å². The summed E-state index contributed by atoms with van der Waals surface area (Å²) in [6, 6.07) is 0.911. The molecule has 2 rings (SSSR count). The zero-order valence-electron chi connectivity index (χ0n) is 10.5. The van der Waals surface area contributed by atoms with E-state index in [1.54, 1.807) is 0 Å². The Morgan fingerprint density at radius 3 is 2.42 bits per heavy atom. The van der Waals surface area contributed by atoms with Gasteiger partial charge < -0.3 is 9.84 Å². The summed E-state index contributed by atoms with van der Waals surface area (Å²) in [7, 11) is -2.86. The Kier molecular flexibility index (Phi) is 3.30. The highest BCUT2D eigenvalue weighted by Gasteiger charge is 2.41. The monoisotopic (exact) mass is 292 g/mol. The number of halogens is 2. The van der Waals surface area contributed by atoms with Crippen LogP contribution in [0.1, 0.15) is 18.4 Å². The number of hydrogen-bond acceptors (Lipinski definition) is 4. The summed E-state index contributed by atoms with van der Waals surface area (Å²) in [4.78, 5) is -1.00. The highest BCUT2D eigenvalue weighted by atomic mass is 32.2. The van der Waals surface area contributed by atoms with Crippen molar-refractivity contribution >= 4 is 9.84 Å². The Hall–Kier alpha value is -1.21. The van der Waals surface area contributed by atoms with Crippen LogP contribution in [-0.4, -0.2) is 32.5 Å². The van der Waals surface area contributed by atoms with Crippen molar-refractivity contribution in [2.24, 2.45) is 0 Å². The van der Waals surface area contributed by atoms with Gasteiger partial charge in [0.2, 0.25) is 0 Å². The van der Waals surface area contributed by atoms with Crippen LogP contribution in [-0.2, 0) is 16.3 Å². The summed E-state index contributed by atoms with van der Waals surface area (Å²) in [5, 5.41) is 9.79. The number of aliphatic hydroxyl groups is 1. The van der Waals surface area contributed by atoms with Crippen molar-refractivity contribution in [1.82, 2.24) is 0 Å². The van der Waals surface area contributed by atoms with E-state index < -0.39 is 32.0 Å². The summed E-state index contributed by atoms with van der Waals surface area (Å²) in [6.07, 6.45) is 1.86. The van der Waals surface area contributed by atoms with E-state index in [0.717, 1.165) is 12.3 Å². The molecule has 1 aliphatic carbocycles. The molecule has 0 saturated heterocycles. The third kappa shape index (κ3) is 2.71. The minimum Gasteiger partial charge on any atom is -0.493 e. The van der Waals surface area contributed by atoms with E-state index in [1.807, 2.05) is 0 Å². The molecular formula is C12H14F2O4S. The van der Waals surface area contributed by atoms with Crippen molar-refractivity contribution in [2.75, 3.05) is 13.4 Å². The van der Waals surface area contributed by atoms with Crippen molar-refractivity contribution in [3.8, 4) is 5.75 Å². The first kappa shape index (κ1) is 14.2. The van der Waals surface area contributed by atoms with Crippen LogP contribution in [0.3, 0.4) is 0 Å². The van der Waals surface area contributed by atoms with Crippen LogP contribution in [0.15, 0.2) is 11.0 Å². The average molecular weight is 292 g/mol. The molecule has 1 fully saturated rings. The Morgan fingerprint density at radius 2 is 2.00 bits per heavy atom. The van der Waals surface area contributed by atoms with Gasteiger partial charge in [-0.1, -0.05) is 0 Å². The first-order valence-electron chi connectivity index (χ1n) is 5.65. The zero-order chi connectivity index (χ0) is 14.4. The van der Waals surface area contributed by atoms with Gasteiger partial charge >= 0.3 is 0 Å². The van der Waals surface area contributed by atoms with Crippen LogP contribution in [0.4, 0.5) is 8.78 Å². The van der Waals surface area contributed by atoms with Gasteiger partial charge in [0.15, 0.2) is 21.4 Å². The lowest BCUT2D eigenvalue weighted by Gasteiger charge is -2.15. The molecule has 0 aliphatic heterocycles. The first-order chi connectivity index (χ1) is 8.68. The fourth-order valence-corrected chi connectivity index (χ4v) is 2.83. The Labute approximate surface area is 109 Å². The van der Waals surface area contributed by atoms with Gasteiger partial charge in [0.1, 0.15) is 10.7 Å². The van der Waals surface area contributed by atoms with E-state index in [1.165, 1.54) is 7.11 Å². The second-order valence-electron chi connectivity index (χ2n) is 4.87. The Morgan fingerprint density at radius 1 is 1.42 bits per heavy atom. The quantitative estimate of drug-likeness (QED) is 0.912. The Bertz CT molecular complexity index is 621. The van der Waals surface area contributed by atoms with Gasteiger partial charge in [0, 0.05) is 18.2 Å². The second kappa shape index (κ2) is 4.42. The molecule has 1 aliphatic rings. The van der Waals surface area contributed by atoms with E-state index >= 15 is 0 Å². The normalized spacial score (nSPS) is 17.3. The van der Waals surface area contributed by atoms with Gasteiger partial charge in [0.05, 0.1) is 12.7 Å². The molecule has 0 atom stereocenters. The summed E-state index contributed by atoms with van der Waals surface area (Å²) in [5.74, 6) is -2.74. The summed E-state index contributed by atoms with van der Waals surface area (Å²) >= 11 is 0. The first-order valence-corrected chi connectivity index (χ1v) is 7.54. The molecule has 0 unspecified atom stereocenters. The largest absolute Gasteiger partial charge is 0.493 e. The third-order valence-corrected chi connectivity index (χ3v) is 4.25. The molecule has 0 bridgehead atoms. The molecule has 0 radical (unpaired) electrons. The van der Waals surface area contributed by atoms with Crippen LogP contribution in [0.5, 0.6) is 5.75 Å². The van der Waals surface area contributed by atoms with Gasteiger partial charge in [-0.25, -0.2) is 17.2 Å². The predicted molar refractivity (Wildman–Crippen MR) is 63.9 cm³/mol. The summed E-state index contributed by atoms with van der Waals surface area (Å²) in [6.45, 7) is 0. The number of ether oxygens (including phenoxy) is 1. The topological polar surface area (TPSA) is 63.6 Å². The number of benzene rings is 1. The van der Waals surface area contributed by atoms with Crippen molar-refractivity contribution in [3.05, 3.63) is 23.3 Å². The molecule has 1 aromatic rings. The van der Waals surface area contributed by atoms with Crippen molar-refractivity contribution in [1.29, 1.82) is 0 Å². The molecule has 0 spiro atoms. The number of rotatable bonds is 4. The molecular weight excluding hydrogens is 278 g/mol. The van der Waals surface area contributed by atoms with Crippen LogP contribution in [0.25, 0.3) is 0 Å². The fourth-order valence-electron chi connectivity index (χ4n) is 2.00. The molecule has 106 valence electrons. The molecule has 4 nitrogen and oxygen atoms in total. The van der Waals surface area contributed by atoms with E-state index in [2.05, 4.69) is 0 Å². The van der Waals surface area contributed by atoms with E-state index in [9.17, 15) is 22.3 Å². The van der Waals surface area contributed by atoms with Crippen LogP contribution < -0.4 is 4.74 Å². The molecule has 0 amide bonds. The molecule has 1 N–H and O–H groups in total. The molecule has 1 aromatic carbocycles. The highest BCUT2D eigenvalue weighted by Crippen LogP contribution is 2.41. The average Bonchev–Trinajstić information content (AvgIpc) is 2.93. The van der Waals surface area contributed by atoms with Crippen molar-refractivity contribution in [2.45, 2.75) is 29.8 Å². The lowest BCUT2D eigenvalue weighted by Crippen LogP contribution is -2.14. The third-order valence-electron chi connectivity index (χ3n) is 3.13. The number of methoxy groups -OCH3 is 1. The Balaban J connectivity index is 2.59. The minimum absolute atomic E-state index is 0.0358. The van der Waals surface area contributed by atoms with Crippen LogP contribution >= 0.6 is 0 Å². The molecule has 1 saturated carbocycles. The van der Waals surface area contributed by atoms with Gasteiger partial charge in [-0.05, 0) is 18.9 Å². The maximum absolute atomic E-state index is 14.1. The summed E-state index contributed by atoms with van der Waals surface area (Å²) in [5.41, 5.74) is -0.830. The molecule has 0 aromatic heterocycles. The van der Waals surface area contributed by atoms with E-state index in [0.29, 0.717) is 12.8 Å². The smallest absolute Gasteiger partial charge is 0.186 e. The SMILES string of the molecule is COc1c(CC2(O)CC2)cc(F)c(S(C)(=O)=O)c1F. The van der Waals surface area contributed by atoms with E-state index in [4.69, 9.17) is 4.74 Å². The van der Waals surface area contributed by atoms with Crippen molar-refractivity contribution in [3.63, 3.8) is 0 Å². The van der Waals surface area contributed by atoms with Gasteiger partial charge in [-0.3, -0.25) is 0 Å². The van der Waals surface area contributed by atoms with Crippen LogP contribution in [0.2, 0.25) is 0 Å². The fraction of sp³-hybridized carbons (Fsp3) is 0.500. The maximum Gasteiger partial charge on any atom is 0.186 e. The molecule has 19 heavy (non-hydrogen) atoms. The maximum atomic E-state index is 14.1.